The summed E-state index contributed by atoms with van der Waals surface area (Å²) in [6, 6.07) is 5.09. The van der Waals surface area contributed by atoms with E-state index in [4.69, 9.17) is 22.1 Å². The zero-order valence-corrected chi connectivity index (χ0v) is 11.1. The molecule has 4 nitrogen and oxygen atoms in total. The highest BCUT2D eigenvalue weighted by Crippen LogP contribution is 2.23. The van der Waals surface area contributed by atoms with Gasteiger partial charge < -0.3 is 15.4 Å². The van der Waals surface area contributed by atoms with Crippen LogP contribution in [-0.2, 0) is 4.74 Å². The van der Waals surface area contributed by atoms with Crippen molar-refractivity contribution in [3.05, 3.63) is 28.8 Å². The minimum Gasteiger partial charge on any atom is -0.397 e. The summed E-state index contributed by atoms with van der Waals surface area (Å²) < 4.78 is 5.51. The van der Waals surface area contributed by atoms with Gasteiger partial charge in [-0.25, -0.2) is 0 Å². The number of amides is 1. The first kappa shape index (κ1) is 13.2. The molecule has 2 rings (SSSR count). The Bertz CT molecular complexity index is 445. The largest absolute Gasteiger partial charge is 0.397 e. The van der Waals surface area contributed by atoms with Crippen LogP contribution in [-0.4, -0.2) is 37.1 Å². The predicted molar refractivity (Wildman–Crippen MR) is 71.8 cm³/mol. The number of nitrogen functional groups attached to an aromatic ring is 1. The molecule has 0 bridgehead atoms. The van der Waals surface area contributed by atoms with E-state index in [1.807, 2.05) is 0 Å². The molecule has 1 aliphatic rings. The second-order valence-corrected chi connectivity index (χ2v) is 4.93. The van der Waals surface area contributed by atoms with E-state index < -0.39 is 0 Å². The fourth-order valence-electron chi connectivity index (χ4n) is 2.11. The van der Waals surface area contributed by atoms with Gasteiger partial charge in [0.2, 0.25) is 0 Å². The third kappa shape index (κ3) is 2.76. The van der Waals surface area contributed by atoms with Crippen LogP contribution in [0.25, 0.3) is 0 Å². The first-order valence-electron chi connectivity index (χ1n) is 6.00. The van der Waals surface area contributed by atoms with Crippen molar-refractivity contribution < 1.29 is 9.53 Å². The summed E-state index contributed by atoms with van der Waals surface area (Å²) in [5.74, 6) is -0.120. The van der Waals surface area contributed by atoms with Crippen LogP contribution in [0.4, 0.5) is 5.69 Å². The van der Waals surface area contributed by atoms with Gasteiger partial charge in [-0.1, -0.05) is 17.7 Å². The summed E-state index contributed by atoms with van der Waals surface area (Å²) in [7, 11) is 1.75. The number of carbonyl (C=O) groups excluding carboxylic acids is 1. The maximum absolute atomic E-state index is 12.2. The fraction of sp³-hybridized carbons (Fsp3) is 0.462. The standard InChI is InChI=1S/C13H17ClN2O2/c1-16(8-9-4-3-7-18-9)13(17)10-5-2-6-11(14)12(10)15/h2,5-6,9H,3-4,7-8,15H2,1H3. The van der Waals surface area contributed by atoms with Crippen LogP contribution < -0.4 is 5.73 Å². The lowest BCUT2D eigenvalue weighted by Gasteiger charge is -2.21. The molecule has 1 aromatic rings. The Balaban J connectivity index is 2.07. The molecule has 1 unspecified atom stereocenters. The number of hydrogen-bond acceptors (Lipinski definition) is 3. The number of benzene rings is 1. The van der Waals surface area contributed by atoms with Crippen molar-refractivity contribution >= 4 is 23.2 Å². The van der Waals surface area contributed by atoms with Gasteiger partial charge in [-0.3, -0.25) is 4.79 Å². The highest BCUT2D eigenvalue weighted by Gasteiger charge is 2.22. The number of para-hydroxylation sites is 1. The summed E-state index contributed by atoms with van der Waals surface area (Å²) in [4.78, 5) is 13.9. The third-order valence-corrected chi connectivity index (χ3v) is 3.46. The van der Waals surface area contributed by atoms with Crippen molar-refractivity contribution in [3.63, 3.8) is 0 Å². The van der Waals surface area contributed by atoms with Crippen LogP contribution in [0.3, 0.4) is 0 Å². The Morgan fingerprint density at radius 1 is 1.61 bits per heavy atom. The monoisotopic (exact) mass is 268 g/mol. The number of halogens is 1. The van der Waals surface area contributed by atoms with Gasteiger partial charge in [0.1, 0.15) is 0 Å². The molecule has 1 amide bonds. The molecule has 1 aromatic carbocycles. The van der Waals surface area contributed by atoms with E-state index in [2.05, 4.69) is 0 Å². The van der Waals surface area contributed by atoms with Crippen molar-refractivity contribution in [2.45, 2.75) is 18.9 Å². The van der Waals surface area contributed by atoms with Crippen LogP contribution in [0.2, 0.25) is 5.02 Å². The topological polar surface area (TPSA) is 55.6 Å². The number of likely N-dealkylation sites (N-methyl/N-ethyl adjacent to an activating group) is 1. The highest BCUT2D eigenvalue weighted by molar-refractivity contribution is 6.33. The molecule has 0 spiro atoms. The first-order valence-corrected chi connectivity index (χ1v) is 6.38. The normalized spacial score (nSPS) is 18.9. The van der Waals surface area contributed by atoms with Gasteiger partial charge in [0.05, 0.1) is 22.4 Å². The van der Waals surface area contributed by atoms with Crippen molar-refractivity contribution in [2.75, 3.05) is 25.9 Å². The molecular weight excluding hydrogens is 252 g/mol. The molecule has 1 heterocycles. The fourth-order valence-corrected chi connectivity index (χ4v) is 2.28. The number of anilines is 1. The number of nitrogens with zero attached hydrogens (tertiary/aromatic N) is 1. The van der Waals surface area contributed by atoms with Gasteiger partial charge >= 0.3 is 0 Å². The quantitative estimate of drug-likeness (QED) is 0.855. The van der Waals surface area contributed by atoms with Crippen LogP contribution in [0, 0.1) is 0 Å². The van der Waals surface area contributed by atoms with E-state index in [1.165, 1.54) is 0 Å². The van der Waals surface area contributed by atoms with Gasteiger partial charge in [0, 0.05) is 20.2 Å². The lowest BCUT2D eigenvalue weighted by molar-refractivity contribution is 0.0588. The Hall–Kier alpha value is -1.26. The van der Waals surface area contributed by atoms with E-state index in [1.54, 1.807) is 30.1 Å². The lowest BCUT2D eigenvalue weighted by Crippen LogP contribution is -2.34. The molecule has 5 heteroatoms. The first-order chi connectivity index (χ1) is 8.59. The van der Waals surface area contributed by atoms with E-state index in [-0.39, 0.29) is 12.0 Å². The average molecular weight is 269 g/mol. The molecule has 0 saturated carbocycles. The van der Waals surface area contributed by atoms with Crippen molar-refractivity contribution in [1.82, 2.24) is 4.90 Å². The number of carbonyl (C=O) groups is 1. The molecule has 2 N–H and O–H groups in total. The molecule has 1 fully saturated rings. The Kier molecular flexibility index (Phi) is 4.09. The predicted octanol–water partition coefficient (Wildman–Crippen LogP) is 2.17. The van der Waals surface area contributed by atoms with Crippen LogP contribution >= 0.6 is 11.6 Å². The van der Waals surface area contributed by atoms with E-state index in [9.17, 15) is 4.79 Å². The van der Waals surface area contributed by atoms with Gasteiger partial charge in [0.15, 0.2) is 0 Å². The van der Waals surface area contributed by atoms with Gasteiger partial charge in [0.25, 0.3) is 5.91 Å². The Morgan fingerprint density at radius 2 is 2.39 bits per heavy atom. The van der Waals surface area contributed by atoms with Crippen molar-refractivity contribution in [2.24, 2.45) is 0 Å². The summed E-state index contributed by atoms with van der Waals surface area (Å²) in [5.41, 5.74) is 6.60. The summed E-state index contributed by atoms with van der Waals surface area (Å²) >= 11 is 5.91. The molecule has 1 aliphatic heterocycles. The molecular formula is C13H17ClN2O2. The maximum atomic E-state index is 12.2. The lowest BCUT2D eigenvalue weighted by atomic mass is 10.1. The third-order valence-electron chi connectivity index (χ3n) is 3.13. The van der Waals surface area contributed by atoms with Crippen LogP contribution in [0.1, 0.15) is 23.2 Å². The van der Waals surface area contributed by atoms with Gasteiger partial charge in [-0.2, -0.15) is 0 Å². The summed E-state index contributed by atoms with van der Waals surface area (Å²) in [6.45, 7) is 1.37. The molecule has 0 aromatic heterocycles. The Labute approximate surface area is 112 Å². The highest BCUT2D eigenvalue weighted by atomic mass is 35.5. The van der Waals surface area contributed by atoms with E-state index >= 15 is 0 Å². The zero-order valence-electron chi connectivity index (χ0n) is 10.4. The Morgan fingerprint density at radius 3 is 3.06 bits per heavy atom. The second kappa shape index (κ2) is 5.59. The molecule has 98 valence electrons. The molecule has 1 saturated heterocycles. The van der Waals surface area contributed by atoms with Crippen molar-refractivity contribution in [1.29, 1.82) is 0 Å². The summed E-state index contributed by atoms with van der Waals surface area (Å²) in [5, 5.41) is 0.409. The molecule has 18 heavy (non-hydrogen) atoms. The van der Waals surface area contributed by atoms with Gasteiger partial charge in [-0.15, -0.1) is 0 Å². The molecule has 0 aliphatic carbocycles. The maximum Gasteiger partial charge on any atom is 0.255 e. The van der Waals surface area contributed by atoms with E-state index in [0.717, 1.165) is 19.4 Å². The minimum absolute atomic E-state index is 0.120. The summed E-state index contributed by atoms with van der Waals surface area (Å²) in [6.07, 6.45) is 2.20. The number of ether oxygens (including phenoxy) is 1. The SMILES string of the molecule is CN(CC1CCCO1)C(=O)c1cccc(Cl)c1N. The second-order valence-electron chi connectivity index (χ2n) is 4.52. The zero-order chi connectivity index (χ0) is 13.1. The number of nitrogens with two attached hydrogens (primary N) is 1. The minimum atomic E-state index is -0.120. The van der Waals surface area contributed by atoms with Crippen molar-refractivity contribution in [3.8, 4) is 0 Å². The molecule has 1 atom stereocenters. The molecule has 0 radical (unpaired) electrons. The van der Waals surface area contributed by atoms with Crippen LogP contribution in [0.15, 0.2) is 18.2 Å². The van der Waals surface area contributed by atoms with Crippen LogP contribution in [0.5, 0.6) is 0 Å². The number of hydrogen-bond donors (Lipinski definition) is 1. The smallest absolute Gasteiger partial charge is 0.255 e. The van der Waals surface area contributed by atoms with Gasteiger partial charge in [-0.05, 0) is 25.0 Å². The average Bonchev–Trinajstić information content (AvgIpc) is 2.84. The van der Waals surface area contributed by atoms with E-state index in [0.29, 0.717) is 22.8 Å². The number of rotatable bonds is 3.